The smallest absolute Gasteiger partial charge is 0.303 e. The molecule has 2 heterocycles. The Kier molecular flexibility index (Phi) is 5.47. The second-order valence-electron chi connectivity index (χ2n) is 5.52. The maximum atomic E-state index is 14.1. The predicted molar refractivity (Wildman–Crippen MR) is 89.6 cm³/mol. The van der Waals surface area contributed by atoms with Crippen molar-refractivity contribution >= 4 is 32.7 Å². The summed E-state index contributed by atoms with van der Waals surface area (Å²) >= 11 is 1.51. The summed E-state index contributed by atoms with van der Waals surface area (Å²) in [4.78, 5) is 17.2. The lowest BCUT2D eigenvalue weighted by Crippen LogP contribution is -2.36. The summed E-state index contributed by atoms with van der Waals surface area (Å²) in [6.45, 7) is 3.14. The van der Waals surface area contributed by atoms with Crippen molar-refractivity contribution < 1.29 is 23.8 Å². The highest BCUT2D eigenvalue weighted by Crippen LogP contribution is 2.36. The van der Waals surface area contributed by atoms with E-state index in [0.29, 0.717) is 31.6 Å². The van der Waals surface area contributed by atoms with Crippen LogP contribution < -0.4 is 9.64 Å². The first-order chi connectivity index (χ1) is 11.6. The fourth-order valence-electron chi connectivity index (χ4n) is 2.51. The van der Waals surface area contributed by atoms with Gasteiger partial charge in [-0.2, -0.15) is 0 Å². The summed E-state index contributed by atoms with van der Waals surface area (Å²) in [6, 6.07) is 3.10. The zero-order valence-corrected chi connectivity index (χ0v) is 14.0. The highest BCUT2D eigenvalue weighted by Gasteiger charge is 2.19. The number of hydrogen-bond acceptors (Lipinski definition) is 6. The molecule has 0 atom stereocenters. The largest absolute Gasteiger partial charge is 0.488 e. The van der Waals surface area contributed by atoms with Gasteiger partial charge in [-0.1, -0.05) is 11.3 Å². The minimum absolute atomic E-state index is 0.0912. The van der Waals surface area contributed by atoms with Crippen LogP contribution in [-0.2, 0) is 9.53 Å². The molecular weight excluding hydrogens is 335 g/mol. The number of anilines is 1. The van der Waals surface area contributed by atoms with Gasteiger partial charge in [0.1, 0.15) is 5.52 Å². The van der Waals surface area contributed by atoms with E-state index in [1.165, 1.54) is 17.4 Å². The molecule has 3 rings (SSSR count). The van der Waals surface area contributed by atoms with Gasteiger partial charge in [0.2, 0.25) is 0 Å². The molecule has 0 spiro atoms. The summed E-state index contributed by atoms with van der Waals surface area (Å²) in [5.74, 6) is -1.13. The number of halogens is 1. The number of carboxylic acid groups (broad SMARTS) is 1. The molecule has 0 unspecified atom stereocenters. The molecule has 8 heteroatoms. The van der Waals surface area contributed by atoms with Gasteiger partial charge in [-0.3, -0.25) is 4.79 Å². The number of ether oxygens (including phenoxy) is 2. The normalized spacial score (nSPS) is 15.0. The van der Waals surface area contributed by atoms with Crippen molar-refractivity contribution in [2.45, 2.75) is 19.3 Å². The SMILES string of the molecule is O=C(O)CCCCOc1c(F)ccc2sc(N3CCOCC3)nc12. The van der Waals surface area contributed by atoms with E-state index in [4.69, 9.17) is 14.6 Å². The zero-order chi connectivity index (χ0) is 16.9. The molecule has 24 heavy (non-hydrogen) atoms. The molecule has 1 saturated heterocycles. The molecule has 1 N–H and O–H groups in total. The van der Waals surface area contributed by atoms with Crippen molar-refractivity contribution in [3.63, 3.8) is 0 Å². The van der Waals surface area contributed by atoms with Crippen molar-refractivity contribution in [3.8, 4) is 5.75 Å². The minimum Gasteiger partial charge on any atom is -0.488 e. The Morgan fingerprint density at radius 2 is 2.17 bits per heavy atom. The van der Waals surface area contributed by atoms with E-state index in [1.54, 1.807) is 6.07 Å². The number of aromatic nitrogens is 1. The number of nitrogens with zero attached hydrogens (tertiary/aromatic N) is 2. The quantitative estimate of drug-likeness (QED) is 0.771. The number of fused-ring (bicyclic) bond motifs is 1. The van der Waals surface area contributed by atoms with Crippen LogP contribution in [0.25, 0.3) is 10.2 Å². The molecule has 1 aliphatic heterocycles. The lowest BCUT2D eigenvalue weighted by Gasteiger charge is -2.25. The van der Waals surface area contributed by atoms with Crippen LogP contribution >= 0.6 is 11.3 Å². The van der Waals surface area contributed by atoms with Crippen molar-refractivity contribution in [1.29, 1.82) is 0 Å². The van der Waals surface area contributed by atoms with Crippen LogP contribution in [0, 0.1) is 5.82 Å². The van der Waals surface area contributed by atoms with Crippen LogP contribution in [0.4, 0.5) is 9.52 Å². The molecule has 0 aliphatic carbocycles. The van der Waals surface area contributed by atoms with E-state index < -0.39 is 11.8 Å². The molecule has 0 radical (unpaired) electrons. The number of thiazole rings is 1. The number of morpholine rings is 1. The number of carbonyl (C=O) groups is 1. The van der Waals surface area contributed by atoms with Gasteiger partial charge >= 0.3 is 5.97 Å². The maximum absolute atomic E-state index is 14.1. The van der Waals surface area contributed by atoms with E-state index in [2.05, 4.69) is 9.88 Å². The first-order valence-corrected chi connectivity index (χ1v) is 8.73. The monoisotopic (exact) mass is 354 g/mol. The molecule has 0 amide bonds. The Morgan fingerprint density at radius 3 is 2.92 bits per heavy atom. The van der Waals surface area contributed by atoms with Crippen molar-refractivity contribution in [1.82, 2.24) is 4.98 Å². The summed E-state index contributed by atoms with van der Waals surface area (Å²) in [5, 5.41) is 9.46. The number of carboxylic acids is 1. The second kappa shape index (κ2) is 7.76. The average molecular weight is 354 g/mol. The molecule has 1 aromatic heterocycles. The minimum atomic E-state index is -0.835. The van der Waals surface area contributed by atoms with E-state index in [0.717, 1.165) is 22.9 Å². The lowest BCUT2D eigenvalue weighted by atomic mass is 10.2. The Morgan fingerprint density at radius 1 is 1.38 bits per heavy atom. The fourth-order valence-corrected chi connectivity index (χ4v) is 3.53. The van der Waals surface area contributed by atoms with Gasteiger partial charge in [0.15, 0.2) is 16.7 Å². The van der Waals surface area contributed by atoms with Crippen LogP contribution in [0.3, 0.4) is 0 Å². The van der Waals surface area contributed by atoms with Crippen molar-refractivity contribution in [3.05, 3.63) is 17.9 Å². The lowest BCUT2D eigenvalue weighted by molar-refractivity contribution is -0.137. The van der Waals surface area contributed by atoms with Gasteiger partial charge in [0.05, 0.1) is 24.5 Å². The van der Waals surface area contributed by atoms with Crippen LogP contribution in [0.2, 0.25) is 0 Å². The van der Waals surface area contributed by atoms with Crippen molar-refractivity contribution in [2.24, 2.45) is 0 Å². The summed E-state index contributed by atoms with van der Waals surface area (Å²) < 4.78 is 25.9. The topological polar surface area (TPSA) is 71.9 Å². The number of unbranched alkanes of at least 4 members (excludes halogenated alkanes) is 1. The molecule has 130 valence electrons. The zero-order valence-electron chi connectivity index (χ0n) is 13.2. The standard InChI is InChI=1S/C16H19FN2O4S/c17-11-4-5-12-14(15(11)23-8-2-1-3-13(20)21)18-16(24-12)19-6-9-22-10-7-19/h4-5H,1-3,6-10H2,(H,20,21). The highest BCUT2D eigenvalue weighted by molar-refractivity contribution is 7.22. The number of rotatable bonds is 7. The summed E-state index contributed by atoms with van der Waals surface area (Å²) in [7, 11) is 0. The van der Waals surface area contributed by atoms with Gasteiger partial charge in [-0.15, -0.1) is 0 Å². The van der Waals surface area contributed by atoms with E-state index in [1.807, 2.05) is 0 Å². The first-order valence-electron chi connectivity index (χ1n) is 7.91. The Balaban J connectivity index is 1.72. The fraction of sp³-hybridized carbons (Fsp3) is 0.500. The molecule has 1 fully saturated rings. The molecule has 1 aromatic carbocycles. The molecule has 2 aromatic rings. The van der Waals surface area contributed by atoms with Gasteiger partial charge in [-0.05, 0) is 25.0 Å². The molecule has 0 saturated carbocycles. The summed E-state index contributed by atoms with van der Waals surface area (Å²) in [5.41, 5.74) is 0.528. The molecule has 0 bridgehead atoms. The third-order valence-electron chi connectivity index (χ3n) is 3.77. The number of hydrogen-bond donors (Lipinski definition) is 1. The molecule has 6 nitrogen and oxygen atoms in total. The summed E-state index contributed by atoms with van der Waals surface area (Å²) in [6.07, 6.45) is 1.15. The van der Waals surface area contributed by atoms with Gasteiger partial charge in [0.25, 0.3) is 0 Å². The van der Waals surface area contributed by atoms with Crippen LogP contribution in [0.15, 0.2) is 12.1 Å². The second-order valence-corrected chi connectivity index (χ2v) is 6.53. The number of benzene rings is 1. The Bertz CT molecular complexity index is 715. The van der Waals surface area contributed by atoms with Gasteiger partial charge in [-0.25, -0.2) is 9.37 Å². The predicted octanol–water partition coefficient (Wildman–Crippen LogP) is 2.91. The van der Waals surface area contributed by atoms with Crippen LogP contribution in [-0.4, -0.2) is 49.0 Å². The van der Waals surface area contributed by atoms with Gasteiger partial charge < -0.3 is 19.5 Å². The molecule has 1 aliphatic rings. The Labute approximate surface area is 142 Å². The van der Waals surface area contributed by atoms with E-state index >= 15 is 0 Å². The highest BCUT2D eigenvalue weighted by atomic mass is 32.1. The van der Waals surface area contributed by atoms with E-state index in [9.17, 15) is 9.18 Å². The maximum Gasteiger partial charge on any atom is 0.303 e. The average Bonchev–Trinajstić information content (AvgIpc) is 3.01. The Hall–Kier alpha value is -1.93. The van der Waals surface area contributed by atoms with E-state index in [-0.39, 0.29) is 18.8 Å². The third-order valence-corrected chi connectivity index (χ3v) is 4.85. The first kappa shape index (κ1) is 16.9. The van der Waals surface area contributed by atoms with Crippen LogP contribution in [0.5, 0.6) is 5.75 Å². The van der Waals surface area contributed by atoms with Crippen LogP contribution in [0.1, 0.15) is 19.3 Å². The number of aliphatic carboxylic acids is 1. The van der Waals surface area contributed by atoms with Gasteiger partial charge in [0, 0.05) is 19.5 Å². The van der Waals surface area contributed by atoms with Crippen molar-refractivity contribution in [2.75, 3.05) is 37.8 Å². The molecular formula is C16H19FN2O4S. The third kappa shape index (κ3) is 3.93.